The molecule has 0 aliphatic carbocycles. The van der Waals surface area contributed by atoms with Gasteiger partial charge < -0.3 is 5.21 Å². The van der Waals surface area contributed by atoms with Crippen LogP contribution < -0.4 is 0 Å². The van der Waals surface area contributed by atoms with Crippen LogP contribution in [0.25, 0.3) is 21.3 Å². The second kappa shape index (κ2) is 5.43. The first-order valence-corrected chi connectivity index (χ1v) is 6.20. The highest BCUT2D eigenvalue weighted by molar-refractivity contribution is 7.36. The zero-order chi connectivity index (χ0) is 13.0. The topological polar surface area (TPSA) is 63.4 Å². The molecule has 18 heavy (non-hydrogen) atoms. The van der Waals surface area contributed by atoms with Crippen LogP contribution >= 0.6 is 8.19 Å². The molecule has 0 bridgehead atoms. The van der Waals surface area contributed by atoms with Crippen molar-refractivity contribution in [3.63, 3.8) is 0 Å². The first kappa shape index (κ1) is 12.3. The van der Waals surface area contributed by atoms with Crippen LogP contribution in [0.4, 0.5) is 0 Å². The quantitative estimate of drug-likeness (QED) is 0.373. The number of fused-ring (bicyclic) bond motifs is 3. The molecule has 0 saturated heterocycles. The van der Waals surface area contributed by atoms with Crippen LogP contribution in [0, 0.1) is 10.1 Å². The molecule has 4 nitrogen and oxygen atoms in total. The largest absolute Gasteiger partial charge is 0.328 e. The predicted octanol–water partition coefficient (Wildman–Crippen LogP) is 4.23. The minimum absolute atomic E-state index is 1.31. The van der Waals surface area contributed by atoms with E-state index in [-0.39, 0.29) is 0 Å². The van der Waals surface area contributed by atoms with Crippen molar-refractivity contribution in [3.8, 4) is 0 Å². The van der Waals surface area contributed by atoms with E-state index in [1.54, 1.807) is 0 Å². The Labute approximate surface area is 105 Å². The van der Waals surface area contributed by atoms with Gasteiger partial charge in [-0.2, -0.15) is 0 Å². The molecule has 1 heterocycles. The summed E-state index contributed by atoms with van der Waals surface area (Å²) < 4.78 is 0. The molecule has 0 amide bonds. The van der Waals surface area contributed by atoms with Gasteiger partial charge in [0, 0.05) is 5.12 Å². The van der Waals surface area contributed by atoms with E-state index in [0.29, 0.717) is 0 Å². The Morgan fingerprint density at radius 1 is 1.00 bits per heavy atom. The Balaban J connectivity index is 0.000000267. The van der Waals surface area contributed by atoms with E-state index < -0.39 is 5.09 Å². The third-order valence-corrected chi connectivity index (χ3v) is 3.50. The average Bonchev–Trinajstić information content (AvgIpc) is 2.38. The van der Waals surface area contributed by atoms with Crippen LogP contribution in [0.2, 0.25) is 0 Å². The lowest BCUT2D eigenvalue weighted by Gasteiger charge is -2.01. The lowest BCUT2D eigenvalue weighted by molar-refractivity contribution is -0.742. The van der Waals surface area contributed by atoms with Crippen LogP contribution in [-0.4, -0.2) is 10.3 Å². The molecule has 90 valence electrons. The van der Waals surface area contributed by atoms with Gasteiger partial charge in [0.2, 0.25) is 0 Å². The van der Waals surface area contributed by atoms with Gasteiger partial charge in [0.25, 0.3) is 5.09 Å². The van der Waals surface area contributed by atoms with Crippen molar-refractivity contribution in [3.05, 3.63) is 64.4 Å². The standard InChI is InChI=1S/C13H9P.HNO3/c1-2-5-11-10(4-1)7-8-13-12(11)6-3-9-14-13;2-1(3)4/h1-9H;(H,2,3,4). The van der Waals surface area contributed by atoms with Crippen molar-refractivity contribution >= 4 is 29.5 Å². The average molecular weight is 259 g/mol. The second-order valence-electron chi connectivity index (χ2n) is 3.59. The van der Waals surface area contributed by atoms with Crippen molar-refractivity contribution in [1.29, 1.82) is 0 Å². The van der Waals surface area contributed by atoms with Gasteiger partial charge in [0.05, 0.1) is 0 Å². The Hall–Kier alpha value is -2.19. The van der Waals surface area contributed by atoms with E-state index in [4.69, 9.17) is 15.3 Å². The van der Waals surface area contributed by atoms with Crippen molar-refractivity contribution in [2.45, 2.75) is 0 Å². The minimum Gasteiger partial charge on any atom is -0.328 e. The van der Waals surface area contributed by atoms with Crippen LogP contribution in [0.3, 0.4) is 0 Å². The lowest BCUT2D eigenvalue weighted by Crippen LogP contribution is -1.81. The number of nitrogens with zero attached hydrogens (tertiary/aromatic N) is 1. The summed E-state index contributed by atoms with van der Waals surface area (Å²) in [5.41, 5.74) is 0. The third kappa shape index (κ3) is 2.73. The fourth-order valence-corrected chi connectivity index (χ4v) is 2.66. The third-order valence-electron chi connectivity index (χ3n) is 2.51. The SMILES string of the molecule is O=[N+]([O-])O.c1ccc2c(c1)ccc1pcccc12. The molecule has 5 heteroatoms. The number of hydrogen-bond acceptors (Lipinski definition) is 2. The van der Waals surface area contributed by atoms with Gasteiger partial charge in [-0.05, 0) is 28.0 Å². The first-order valence-electron chi connectivity index (χ1n) is 5.24. The molecule has 0 radical (unpaired) electrons. The summed E-state index contributed by atoms with van der Waals surface area (Å²) in [6, 6.07) is 17.3. The van der Waals surface area contributed by atoms with Gasteiger partial charge >= 0.3 is 0 Å². The molecule has 0 atom stereocenters. The highest BCUT2D eigenvalue weighted by Crippen LogP contribution is 2.29. The first-order chi connectivity index (χ1) is 8.68. The molecule has 0 unspecified atom stereocenters. The van der Waals surface area contributed by atoms with E-state index in [9.17, 15) is 0 Å². The Morgan fingerprint density at radius 3 is 2.44 bits per heavy atom. The molecule has 0 saturated carbocycles. The van der Waals surface area contributed by atoms with Crippen LogP contribution in [0.1, 0.15) is 0 Å². The van der Waals surface area contributed by atoms with Gasteiger partial charge in [0.1, 0.15) is 0 Å². The Kier molecular flexibility index (Phi) is 3.70. The summed E-state index contributed by atoms with van der Waals surface area (Å²) in [4.78, 5) is 8.36. The van der Waals surface area contributed by atoms with Crippen LogP contribution in [-0.2, 0) is 0 Å². The van der Waals surface area contributed by atoms with Gasteiger partial charge in [-0.15, -0.1) is 10.1 Å². The molecule has 0 aliphatic rings. The second-order valence-corrected chi connectivity index (χ2v) is 4.63. The van der Waals surface area contributed by atoms with E-state index in [1.165, 1.54) is 29.5 Å². The summed E-state index contributed by atoms with van der Waals surface area (Å²) in [5, 5.41) is 19.1. The number of hydrogen-bond donors (Lipinski definition) is 1. The van der Waals surface area contributed by atoms with Gasteiger partial charge in [-0.1, -0.05) is 50.7 Å². The summed E-state index contributed by atoms with van der Waals surface area (Å²) in [7, 11) is 1.31. The minimum atomic E-state index is -1.50. The van der Waals surface area contributed by atoms with Gasteiger partial charge in [-0.3, -0.25) is 0 Å². The van der Waals surface area contributed by atoms with E-state index in [0.717, 1.165) is 0 Å². The van der Waals surface area contributed by atoms with Crippen molar-refractivity contribution in [2.75, 3.05) is 0 Å². The van der Waals surface area contributed by atoms with E-state index in [1.807, 2.05) is 0 Å². The molecule has 3 aromatic rings. The molecule has 0 aliphatic heterocycles. The zero-order valence-electron chi connectivity index (χ0n) is 9.35. The van der Waals surface area contributed by atoms with E-state index >= 15 is 0 Å². The maximum absolute atomic E-state index is 8.36. The van der Waals surface area contributed by atoms with Crippen LogP contribution in [0.15, 0.2) is 54.3 Å². The highest BCUT2D eigenvalue weighted by Gasteiger charge is 1.97. The normalized spacial score (nSPS) is 10.2. The van der Waals surface area contributed by atoms with E-state index in [2.05, 4.69) is 54.3 Å². The molecule has 1 N–H and O–H groups in total. The summed E-state index contributed by atoms with van der Waals surface area (Å²) in [6.45, 7) is 0. The summed E-state index contributed by atoms with van der Waals surface area (Å²) in [5.74, 6) is 2.18. The molecular formula is C13H10NO3P. The monoisotopic (exact) mass is 259 g/mol. The van der Waals surface area contributed by atoms with Crippen molar-refractivity contribution in [2.24, 2.45) is 0 Å². The van der Waals surface area contributed by atoms with Gasteiger partial charge in [0.15, 0.2) is 0 Å². The summed E-state index contributed by atoms with van der Waals surface area (Å²) >= 11 is 0. The maximum Gasteiger partial charge on any atom is 0.291 e. The fraction of sp³-hybridized carbons (Fsp3) is 0. The molecule has 3 rings (SSSR count). The number of rotatable bonds is 0. The molecular weight excluding hydrogens is 249 g/mol. The van der Waals surface area contributed by atoms with Crippen molar-refractivity contribution in [1.82, 2.24) is 0 Å². The highest BCUT2D eigenvalue weighted by atomic mass is 31.0. The number of benzene rings is 2. The Bertz CT molecular complexity index is 641. The smallest absolute Gasteiger partial charge is 0.291 e. The fourth-order valence-electron chi connectivity index (χ4n) is 1.83. The predicted molar refractivity (Wildman–Crippen MR) is 72.7 cm³/mol. The Morgan fingerprint density at radius 2 is 1.67 bits per heavy atom. The maximum atomic E-state index is 8.36. The molecule has 0 spiro atoms. The lowest BCUT2D eigenvalue weighted by atomic mass is 10.1. The van der Waals surface area contributed by atoms with Crippen molar-refractivity contribution < 1.29 is 10.3 Å². The molecule has 1 aromatic heterocycles. The van der Waals surface area contributed by atoms with Crippen LogP contribution in [0.5, 0.6) is 0 Å². The molecule has 2 aromatic carbocycles. The zero-order valence-corrected chi connectivity index (χ0v) is 10.2. The molecule has 0 fully saturated rings. The summed E-state index contributed by atoms with van der Waals surface area (Å²) in [6.07, 6.45) is 0. The van der Waals surface area contributed by atoms with Gasteiger partial charge in [-0.25, -0.2) is 0 Å².